The molecular weight excluding hydrogens is 276 g/mol. The summed E-state index contributed by atoms with van der Waals surface area (Å²) in [5.74, 6) is -0.319. The molecule has 1 atom stereocenters. The number of hydrogen-bond acceptors (Lipinski definition) is 5. The highest BCUT2D eigenvalue weighted by molar-refractivity contribution is 7.90. The van der Waals surface area contributed by atoms with Crippen LogP contribution in [0.25, 0.3) is 0 Å². The van der Waals surface area contributed by atoms with Crippen LogP contribution in [0, 0.1) is 0 Å². The molecule has 7 heteroatoms. The quantitative estimate of drug-likeness (QED) is 0.766. The molecule has 0 bridgehead atoms. The lowest BCUT2D eigenvalue weighted by Crippen LogP contribution is -2.13. The molecule has 0 spiro atoms. The Labute approximate surface area is 112 Å². The molecular formula is C11H17ClN2O3S. The summed E-state index contributed by atoms with van der Waals surface area (Å²) in [5, 5.41) is 16.2. The molecule has 0 fully saturated rings. The molecule has 0 aromatic heterocycles. The van der Waals surface area contributed by atoms with Crippen molar-refractivity contribution in [3.8, 4) is 0 Å². The van der Waals surface area contributed by atoms with Crippen LogP contribution in [0.4, 0.5) is 11.4 Å². The summed E-state index contributed by atoms with van der Waals surface area (Å²) in [6.07, 6.45) is 0.0147. The van der Waals surface area contributed by atoms with Gasteiger partial charge in [-0.15, -0.1) is 0 Å². The molecule has 0 radical (unpaired) electrons. The van der Waals surface area contributed by atoms with Crippen LogP contribution in [0.2, 0.25) is 5.02 Å². The molecule has 3 N–H and O–H groups in total. The largest absolute Gasteiger partial charge is 0.387 e. The molecule has 1 rings (SSSR count). The molecule has 0 aliphatic carbocycles. The topological polar surface area (TPSA) is 78.4 Å². The molecule has 102 valence electrons. The molecule has 0 saturated carbocycles. The van der Waals surface area contributed by atoms with Gasteiger partial charge in [-0.1, -0.05) is 11.6 Å². The van der Waals surface area contributed by atoms with E-state index in [2.05, 4.69) is 10.6 Å². The van der Waals surface area contributed by atoms with Crippen molar-refractivity contribution in [3.05, 3.63) is 22.7 Å². The van der Waals surface area contributed by atoms with Crippen molar-refractivity contribution in [2.24, 2.45) is 0 Å². The zero-order valence-electron chi connectivity index (χ0n) is 10.5. The van der Waals surface area contributed by atoms with Crippen molar-refractivity contribution in [2.45, 2.75) is 6.10 Å². The van der Waals surface area contributed by atoms with E-state index in [1.54, 1.807) is 26.2 Å². The fourth-order valence-electron chi connectivity index (χ4n) is 1.59. The van der Waals surface area contributed by atoms with Crippen LogP contribution in [-0.4, -0.2) is 39.6 Å². The molecule has 18 heavy (non-hydrogen) atoms. The third-order valence-electron chi connectivity index (χ3n) is 2.48. The van der Waals surface area contributed by atoms with Crippen LogP contribution in [0.1, 0.15) is 11.7 Å². The van der Waals surface area contributed by atoms with Gasteiger partial charge in [0.05, 0.1) is 28.3 Å². The molecule has 5 nitrogen and oxygen atoms in total. The smallest absolute Gasteiger partial charge is 0.150 e. The number of halogens is 1. The second-order valence-electron chi connectivity index (χ2n) is 4.04. The van der Waals surface area contributed by atoms with E-state index in [9.17, 15) is 13.5 Å². The first-order valence-corrected chi connectivity index (χ1v) is 7.77. The second-order valence-corrected chi connectivity index (χ2v) is 6.60. The average Bonchev–Trinajstić information content (AvgIpc) is 2.27. The molecule has 0 heterocycles. The lowest BCUT2D eigenvalue weighted by atomic mass is 10.1. The fraction of sp³-hybridized carbons (Fsp3) is 0.455. The van der Waals surface area contributed by atoms with Gasteiger partial charge in [0.2, 0.25) is 0 Å². The van der Waals surface area contributed by atoms with Crippen molar-refractivity contribution >= 4 is 32.8 Å². The molecule has 0 amide bonds. The number of nitrogens with one attached hydrogen (secondary N) is 2. The van der Waals surface area contributed by atoms with E-state index in [0.29, 0.717) is 22.0 Å². The Hall–Kier alpha value is -0.980. The number of aliphatic hydroxyl groups is 1. The molecule has 1 aromatic carbocycles. The Kier molecular flexibility index (Phi) is 4.84. The van der Waals surface area contributed by atoms with E-state index >= 15 is 0 Å². The van der Waals surface area contributed by atoms with Crippen LogP contribution in [0.5, 0.6) is 0 Å². The van der Waals surface area contributed by atoms with Gasteiger partial charge < -0.3 is 15.7 Å². The summed E-state index contributed by atoms with van der Waals surface area (Å²) in [6.45, 7) is 0. The fourth-order valence-corrected chi connectivity index (χ4v) is 2.65. The Morgan fingerprint density at radius 3 is 2.06 bits per heavy atom. The zero-order valence-corrected chi connectivity index (χ0v) is 12.1. The van der Waals surface area contributed by atoms with Crippen molar-refractivity contribution in [3.63, 3.8) is 0 Å². The van der Waals surface area contributed by atoms with Crippen LogP contribution >= 0.6 is 11.6 Å². The number of sulfone groups is 1. The van der Waals surface area contributed by atoms with Crippen LogP contribution in [0.3, 0.4) is 0 Å². The van der Waals surface area contributed by atoms with Gasteiger partial charge in [-0.25, -0.2) is 8.42 Å². The molecule has 0 aliphatic rings. The van der Waals surface area contributed by atoms with Gasteiger partial charge in [0.25, 0.3) is 0 Å². The third-order valence-corrected chi connectivity index (χ3v) is 3.81. The van der Waals surface area contributed by atoms with E-state index in [-0.39, 0.29) is 5.75 Å². The van der Waals surface area contributed by atoms with Crippen LogP contribution < -0.4 is 10.6 Å². The van der Waals surface area contributed by atoms with E-state index < -0.39 is 15.9 Å². The van der Waals surface area contributed by atoms with Gasteiger partial charge in [-0.2, -0.15) is 0 Å². The van der Waals surface area contributed by atoms with Gasteiger partial charge in [0.1, 0.15) is 9.84 Å². The van der Waals surface area contributed by atoms with Gasteiger partial charge in [-0.05, 0) is 17.7 Å². The monoisotopic (exact) mass is 292 g/mol. The highest BCUT2D eigenvalue weighted by Gasteiger charge is 2.17. The van der Waals surface area contributed by atoms with Crippen molar-refractivity contribution in [2.75, 3.05) is 36.7 Å². The maximum atomic E-state index is 11.2. The van der Waals surface area contributed by atoms with Gasteiger partial charge in [0, 0.05) is 20.4 Å². The van der Waals surface area contributed by atoms with E-state index in [0.717, 1.165) is 6.26 Å². The first kappa shape index (κ1) is 15.1. The Balaban J connectivity index is 3.17. The summed E-state index contributed by atoms with van der Waals surface area (Å²) in [6, 6.07) is 3.28. The van der Waals surface area contributed by atoms with Gasteiger partial charge >= 0.3 is 0 Å². The number of aliphatic hydroxyl groups excluding tert-OH is 1. The molecule has 1 aromatic rings. The molecule has 0 saturated heterocycles. The Morgan fingerprint density at radius 1 is 1.28 bits per heavy atom. The minimum absolute atomic E-state index is 0.319. The van der Waals surface area contributed by atoms with Crippen molar-refractivity contribution < 1.29 is 13.5 Å². The number of anilines is 2. The summed E-state index contributed by atoms with van der Waals surface area (Å²) in [5.41, 5.74) is 1.76. The number of benzene rings is 1. The Morgan fingerprint density at radius 2 is 1.72 bits per heavy atom. The third kappa shape index (κ3) is 3.76. The summed E-state index contributed by atoms with van der Waals surface area (Å²) in [7, 11) is 0.159. The van der Waals surface area contributed by atoms with E-state index in [1.165, 1.54) is 0 Å². The minimum Gasteiger partial charge on any atom is -0.387 e. The maximum absolute atomic E-state index is 11.2. The van der Waals surface area contributed by atoms with E-state index in [4.69, 9.17) is 11.6 Å². The standard InChI is InChI=1S/C11H17ClN2O3S/c1-13-8-4-7(5-9(14-2)11(8)12)10(15)6-18(3,16)17/h4-5,10,13-15H,6H2,1-3H3. The lowest BCUT2D eigenvalue weighted by molar-refractivity contribution is 0.202. The SMILES string of the molecule is CNc1cc(C(O)CS(C)(=O)=O)cc(NC)c1Cl. The van der Waals surface area contributed by atoms with Gasteiger partial charge in [0.15, 0.2) is 0 Å². The highest BCUT2D eigenvalue weighted by Crippen LogP contribution is 2.33. The van der Waals surface area contributed by atoms with Crippen LogP contribution in [0.15, 0.2) is 12.1 Å². The zero-order chi connectivity index (χ0) is 13.9. The average molecular weight is 293 g/mol. The first-order valence-electron chi connectivity index (χ1n) is 5.33. The summed E-state index contributed by atoms with van der Waals surface area (Å²) >= 11 is 6.09. The number of hydrogen-bond donors (Lipinski definition) is 3. The minimum atomic E-state index is -3.24. The number of rotatable bonds is 5. The van der Waals surface area contributed by atoms with Gasteiger partial charge in [-0.3, -0.25) is 0 Å². The predicted molar refractivity (Wildman–Crippen MR) is 75.2 cm³/mol. The lowest BCUT2D eigenvalue weighted by Gasteiger charge is -2.15. The van der Waals surface area contributed by atoms with Crippen LogP contribution in [-0.2, 0) is 9.84 Å². The van der Waals surface area contributed by atoms with Crippen molar-refractivity contribution in [1.29, 1.82) is 0 Å². The summed E-state index contributed by atoms with van der Waals surface area (Å²) < 4.78 is 22.3. The van der Waals surface area contributed by atoms with Crippen molar-refractivity contribution in [1.82, 2.24) is 0 Å². The highest BCUT2D eigenvalue weighted by atomic mass is 35.5. The maximum Gasteiger partial charge on any atom is 0.150 e. The van der Waals surface area contributed by atoms with E-state index in [1.807, 2.05) is 0 Å². The predicted octanol–water partition coefficient (Wildman–Crippen LogP) is 1.50. The Bertz CT molecular complexity index is 506. The normalized spacial score (nSPS) is 13.2. The summed E-state index contributed by atoms with van der Waals surface area (Å²) in [4.78, 5) is 0. The second kappa shape index (κ2) is 5.77. The molecule has 1 unspecified atom stereocenters. The molecule has 0 aliphatic heterocycles. The first-order chi connectivity index (χ1) is 8.28.